The van der Waals surface area contributed by atoms with Crippen LogP contribution >= 0.6 is 0 Å². The van der Waals surface area contributed by atoms with Gasteiger partial charge in [-0.1, -0.05) is 110 Å². The van der Waals surface area contributed by atoms with Gasteiger partial charge in [-0.3, -0.25) is 44.0 Å². The molecule has 1 saturated heterocycles. The van der Waals surface area contributed by atoms with Crippen LogP contribution in [0.3, 0.4) is 0 Å². The second-order valence-electron chi connectivity index (χ2n) is 34.0. The monoisotopic (exact) mass is 1950 g/mol. The van der Waals surface area contributed by atoms with Crippen molar-refractivity contribution in [1.82, 2.24) is 29.2 Å². The van der Waals surface area contributed by atoms with Crippen LogP contribution in [-0.4, -0.2) is 210 Å². The molecule has 35 nitrogen and oxygen atoms in total. The number of rotatable bonds is 29. The molecule has 3 unspecified atom stereocenters. The van der Waals surface area contributed by atoms with E-state index in [2.05, 4.69) is 22.6 Å². The van der Waals surface area contributed by atoms with Crippen LogP contribution in [0.25, 0.3) is 11.1 Å². The zero-order valence-corrected chi connectivity index (χ0v) is 79.9. The number of benzene rings is 8. The van der Waals surface area contributed by atoms with Gasteiger partial charge in [-0.25, -0.2) is 45.7 Å². The van der Waals surface area contributed by atoms with E-state index in [4.69, 9.17) is 81.5 Å². The minimum atomic E-state index is -3.68. The van der Waals surface area contributed by atoms with Crippen LogP contribution in [0.4, 0.5) is 43.7 Å². The number of amides is 6. The van der Waals surface area contributed by atoms with Crippen LogP contribution in [0.2, 0.25) is 0 Å². The number of para-hydroxylation sites is 2. The molecule has 8 aromatic carbocycles. The Labute approximate surface area is 814 Å². The normalized spacial score (nSPS) is 19.2. The van der Waals surface area contributed by atoms with Gasteiger partial charge in [0.05, 0.1) is 130 Å². The molecular weight excluding hydrogens is 1850 g/mol. The summed E-state index contributed by atoms with van der Waals surface area (Å²) in [4.78, 5) is 115. The Morgan fingerprint density at radius 2 is 0.879 bits per heavy atom. The van der Waals surface area contributed by atoms with E-state index in [0.29, 0.717) is 113 Å². The molecule has 9 aliphatic rings. The Bertz CT molecular complexity index is 6950. The first kappa shape index (κ1) is 96.2. The molecule has 11 heterocycles. The molecule has 6 amide bonds. The Hall–Kier alpha value is -15.1. The molecule has 2 aromatic heterocycles. The van der Waals surface area contributed by atoms with Gasteiger partial charge < -0.3 is 76.3 Å². The minimum absolute atomic E-state index is 0.0941. The largest absolute Gasteiger partial charge is 0.493 e. The number of hydrogen-bond acceptors (Lipinski definition) is 27. The van der Waals surface area contributed by atoms with E-state index in [1.165, 1.54) is 95.9 Å². The summed E-state index contributed by atoms with van der Waals surface area (Å²) >= 11 is 0. The van der Waals surface area contributed by atoms with E-state index in [0.717, 1.165) is 51.9 Å². The second-order valence-corrected chi connectivity index (χ2v) is 37.8. The molecule has 728 valence electrons. The van der Waals surface area contributed by atoms with Gasteiger partial charge in [0.2, 0.25) is 20.0 Å². The Balaban J connectivity index is 0.000000195. The number of methoxy groups -OCH3 is 5. The van der Waals surface area contributed by atoms with Gasteiger partial charge in [0, 0.05) is 81.3 Å². The van der Waals surface area contributed by atoms with Crippen LogP contribution in [0, 0.1) is 0 Å². The molecule has 0 saturated carbocycles. The van der Waals surface area contributed by atoms with Crippen molar-refractivity contribution in [2.75, 3.05) is 102 Å². The first-order valence-corrected chi connectivity index (χ1v) is 48.6. The summed E-state index contributed by atoms with van der Waals surface area (Å²) in [5, 5.41) is 0. The molecule has 0 radical (unpaired) electrons. The Kier molecular flexibility index (Phi) is 28.3. The van der Waals surface area contributed by atoms with Gasteiger partial charge in [0.25, 0.3) is 23.6 Å². The van der Waals surface area contributed by atoms with Gasteiger partial charge in [0.1, 0.15) is 39.6 Å². The molecule has 1 fully saturated rings. The zero-order valence-electron chi connectivity index (χ0n) is 78.2. The molecule has 9 aliphatic heterocycles. The summed E-state index contributed by atoms with van der Waals surface area (Å²) in [6.45, 7) is 8.17. The third kappa shape index (κ3) is 19.5. The third-order valence-corrected chi connectivity index (χ3v) is 28.6. The van der Waals surface area contributed by atoms with E-state index in [1.807, 2.05) is 85.1 Å². The van der Waals surface area contributed by atoms with E-state index >= 15 is 0 Å². The van der Waals surface area contributed by atoms with Crippen LogP contribution < -0.4 is 66.9 Å². The highest BCUT2D eigenvalue weighted by atomic mass is 32.2. The van der Waals surface area contributed by atoms with Gasteiger partial charge in [-0.15, -0.1) is 0 Å². The van der Waals surface area contributed by atoms with Crippen molar-refractivity contribution < 1.29 is 107 Å². The Morgan fingerprint density at radius 1 is 0.447 bits per heavy atom. The quantitative estimate of drug-likeness (QED) is 0.0411. The van der Waals surface area contributed by atoms with E-state index in [1.54, 1.807) is 117 Å². The number of carbonyl (C=O) groups excluding carboxylic acids is 6. The van der Waals surface area contributed by atoms with Gasteiger partial charge in [-0.2, -0.15) is 0 Å². The number of sulfonamides is 2. The highest BCUT2D eigenvalue weighted by Crippen LogP contribution is 2.50. The summed E-state index contributed by atoms with van der Waals surface area (Å²) < 4.78 is 133. The molecule has 7 atom stereocenters. The molecular formula is C104H102N12O23S2. The number of aliphatic imine (C=N–C) groups is 2. The van der Waals surface area contributed by atoms with Crippen molar-refractivity contribution in [3.63, 3.8) is 0 Å². The average Bonchev–Trinajstić information content (AvgIpc) is 1.57. The lowest BCUT2D eigenvalue weighted by Gasteiger charge is -2.40. The SMILES string of the molecule is C=CCOC(=O)N1c2cc(OCc3cccc(COc4cc5c(cc4OC)C(=O)N4c6ccccc6C[C@H]4C(OC4CCCCO4)N5C(=O)OCC=C)n3)c(OC)cc2C(=O)N2CC=C(c3ccc(S(=O)(=O)NC)cc3)C[C@H]2C1OC.CNS(=O)(=O)c1ccc(C2=CCN3C(=O)c4cc(OC)c(OCc5cccc(COc6cc7c(cc6OC)C(=O)N6c8ccccc8C[C@H]6C=N7)n5)cc4N=C[C@@H]3C2)cc1. The summed E-state index contributed by atoms with van der Waals surface area (Å²) in [6.07, 6.45) is 10.2. The first-order valence-electron chi connectivity index (χ1n) is 45.7. The van der Waals surface area contributed by atoms with Gasteiger partial charge in [0.15, 0.2) is 64.7 Å². The summed E-state index contributed by atoms with van der Waals surface area (Å²) in [5.41, 5.74) is 11.6. The maximum absolute atomic E-state index is 14.9. The predicted molar refractivity (Wildman–Crippen MR) is 523 cm³/mol. The molecule has 0 bridgehead atoms. The topological polar surface area (TPSA) is 385 Å². The van der Waals surface area contributed by atoms with Crippen molar-refractivity contribution in [1.29, 1.82) is 0 Å². The van der Waals surface area contributed by atoms with E-state index < -0.39 is 69.0 Å². The first-order chi connectivity index (χ1) is 68.4. The number of hydrogen-bond donors (Lipinski definition) is 2. The Morgan fingerprint density at radius 3 is 1.36 bits per heavy atom. The average molecular weight is 1950 g/mol. The van der Waals surface area contributed by atoms with Crippen molar-refractivity contribution in [3.05, 3.63) is 287 Å². The van der Waals surface area contributed by atoms with Crippen molar-refractivity contribution >= 4 is 114 Å². The lowest BCUT2D eigenvalue weighted by Crippen LogP contribution is -2.55. The maximum Gasteiger partial charge on any atom is 0.416 e. The summed E-state index contributed by atoms with van der Waals surface area (Å²) in [6, 6.07) is 50.5. The molecule has 0 spiro atoms. The van der Waals surface area contributed by atoms with E-state index in [-0.39, 0.29) is 138 Å². The lowest BCUT2D eigenvalue weighted by molar-refractivity contribution is -0.190. The maximum atomic E-state index is 14.9. The van der Waals surface area contributed by atoms with Gasteiger partial charge >= 0.3 is 12.2 Å². The fraction of sp³-hybridized carbons (Fsp3) is 0.288. The number of anilines is 4. The van der Waals surface area contributed by atoms with Crippen LogP contribution in [-0.2, 0) is 83.0 Å². The summed E-state index contributed by atoms with van der Waals surface area (Å²) in [5.74, 6) is 1.26. The predicted octanol–water partition coefficient (Wildman–Crippen LogP) is 14.6. The molecule has 0 aliphatic carbocycles. The minimum Gasteiger partial charge on any atom is -0.493 e. The van der Waals surface area contributed by atoms with Crippen molar-refractivity contribution in [2.45, 2.75) is 124 Å². The molecule has 141 heavy (non-hydrogen) atoms. The smallest absolute Gasteiger partial charge is 0.416 e. The molecule has 10 aromatic rings. The fourth-order valence-corrected chi connectivity index (χ4v) is 20.2. The number of nitrogens with one attached hydrogen (secondary N) is 2. The molecule has 37 heteroatoms. The van der Waals surface area contributed by atoms with Crippen LogP contribution in [0.5, 0.6) is 46.0 Å². The van der Waals surface area contributed by atoms with Crippen LogP contribution in [0.15, 0.2) is 239 Å². The van der Waals surface area contributed by atoms with Gasteiger partial charge in [-0.05, 0) is 171 Å². The number of fused-ring (bicyclic) bond motifs is 12. The molecule has 2 N–H and O–H groups in total. The number of ether oxygens (including phenoxy) is 13. The summed E-state index contributed by atoms with van der Waals surface area (Å²) in [7, 11) is 2.85. The van der Waals surface area contributed by atoms with Crippen molar-refractivity contribution in [3.8, 4) is 46.0 Å². The zero-order chi connectivity index (χ0) is 98.5. The third-order valence-electron chi connectivity index (χ3n) is 25.8. The number of nitrogens with zero attached hydrogens (tertiary/aromatic N) is 10. The molecule has 19 rings (SSSR count). The highest BCUT2D eigenvalue weighted by Gasteiger charge is 2.52. The number of aromatic nitrogens is 2. The lowest BCUT2D eigenvalue weighted by atomic mass is 9.93. The second kappa shape index (κ2) is 41.5. The number of carbonyl (C=O) groups is 6. The van der Waals surface area contributed by atoms with Crippen LogP contribution in [0.1, 0.15) is 119 Å². The van der Waals surface area contributed by atoms with Crippen molar-refractivity contribution in [2.24, 2.45) is 9.98 Å². The van der Waals surface area contributed by atoms with E-state index in [9.17, 15) is 45.6 Å². The fourth-order valence-electron chi connectivity index (χ4n) is 18.8. The number of pyridine rings is 2. The standard InChI is InChI=1S/C59H62N6O15S.C45H40N6O8S/c1-7-25-76-58(68)64-45-32-51(49(72-4)30-42(45)54(66)62-24-23-37(28-47(62)56(64)74-6)36-19-21-41(22-20-36)81(70,71)60-3)78-34-39-15-13-16-40(61-39)35-79-52-33-46-43(31-50(52)73-5)55(67)63-44-17-10-9-14-38(44)29-48(63)57(65(46)59(69)77-26-8-2)80-53-18-11-12-27-75-53;1-46-60(54,55)34-13-11-27(12-14-34)28-15-16-50-32(17-28)23-47-37-21-42(40(56-2)19-35(37)44(50)52)58-25-30-8-6-9-31(49-30)26-59-43-22-38-36(20-41(43)57-3)45(53)51-33(24-48-38)18-29-7-4-5-10-39(29)51/h7-10,13-17,19-23,30-33,47-48,53,56-57,60H,1-2,11-12,18,24-29,34-35H2,3-6H3;4-15,19-24,32-33,46H,16-18,25-26H2,1-3H3/t47-,48-,53?,56?,57?;32-,33-/m00/s1. The highest BCUT2D eigenvalue weighted by molar-refractivity contribution is 7.89.